The molecule has 0 saturated carbocycles. The maximum absolute atomic E-state index is 10.0. The summed E-state index contributed by atoms with van der Waals surface area (Å²) in [4.78, 5) is 10.0. The molecule has 1 aromatic rings. The molecule has 20 heavy (non-hydrogen) atoms. The molecule has 0 amide bonds. The van der Waals surface area contributed by atoms with Gasteiger partial charge in [0.05, 0.1) is 17.8 Å². The predicted molar refractivity (Wildman–Crippen MR) is 72.6 cm³/mol. The zero-order valence-corrected chi connectivity index (χ0v) is 15.1. The number of rotatable bonds is 4. The normalized spacial score (nSPS) is 19.3. The monoisotopic (exact) mass is 350 g/mol. The molecule has 105 valence electrons. The molecule has 0 N–H and O–H groups in total. The fourth-order valence-corrected chi connectivity index (χ4v) is 1.86. The van der Waals surface area contributed by atoms with Crippen LogP contribution in [0.2, 0.25) is 0 Å². The van der Waals surface area contributed by atoms with Crippen LogP contribution in [0.1, 0.15) is 33.3 Å². The average molecular weight is 350 g/mol. The molecule has 1 fully saturated rings. The van der Waals surface area contributed by atoms with Crippen molar-refractivity contribution in [3.8, 4) is 0 Å². The van der Waals surface area contributed by atoms with Gasteiger partial charge in [-0.15, -0.1) is 0 Å². The van der Waals surface area contributed by atoms with Crippen LogP contribution in [0.5, 0.6) is 0 Å². The fraction of sp³-hybridized carbons (Fsp3) is 0.500. The Morgan fingerprint density at radius 2 is 1.60 bits per heavy atom. The van der Waals surface area contributed by atoms with Gasteiger partial charge in [-0.3, -0.25) is 0 Å². The zero-order valence-electron chi connectivity index (χ0n) is 12.3. The zero-order chi connectivity index (χ0) is 14.1. The minimum absolute atomic E-state index is 0. The predicted octanol–water partition coefficient (Wildman–Crippen LogP) is 1.57. The fourth-order valence-electron chi connectivity index (χ4n) is 1.86. The van der Waals surface area contributed by atoms with Crippen molar-refractivity contribution in [2.45, 2.75) is 45.5 Å². The van der Waals surface area contributed by atoms with Crippen molar-refractivity contribution in [3.63, 3.8) is 0 Å². The second kappa shape index (κ2) is 6.69. The molecule has 6 heteroatoms. The molecule has 1 heterocycles. The third-order valence-electron chi connectivity index (χ3n) is 3.80. The third kappa shape index (κ3) is 3.70. The molecule has 0 unspecified atom stereocenters. The number of hydrogen-bond acceptors (Lipinski definition) is 4. The smallest absolute Gasteiger partial charge is 0.494 e. The molecule has 1 aromatic carbocycles. The summed E-state index contributed by atoms with van der Waals surface area (Å²) in [5, 5.41) is 0. The van der Waals surface area contributed by atoms with Crippen LogP contribution in [-0.2, 0) is 58.2 Å². The largest absolute Gasteiger partial charge is 0.650 e. The van der Waals surface area contributed by atoms with E-state index in [1.54, 1.807) is 0 Å². The summed E-state index contributed by atoms with van der Waals surface area (Å²) in [5.74, 6) is 0. The van der Waals surface area contributed by atoms with Crippen LogP contribution < -0.4 is 5.46 Å². The van der Waals surface area contributed by atoms with Gasteiger partial charge in [-0.05, 0) is 38.7 Å². The van der Waals surface area contributed by atoms with Crippen molar-refractivity contribution in [1.29, 1.82) is 0 Å². The molecule has 1 aliphatic rings. The molecule has 0 atom stereocenters. The minimum Gasteiger partial charge on any atom is -0.650 e. The van der Waals surface area contributed by atoms with E-state index in [2.05, 4.69) is 4.74 Å². The van der Waals surface area contributed by atoms with Crippen molar-refractivity contribution < 1.29 is 51.5 Å². The Kier molecular flexibility index (Phi) is 5.97. The van der Waals surface area contributed by atoms with Gasteiger partial charge in [-0.25, -0.2) is 0 Å². The van der Waals surface area contributed by atoms with Crippen LogP contribution in [0, 0.1) is 0 Å². The van der Waals surface area contributed by atoms with E-state index in [0.717, 1.165) is 11.0 Å². The Morgan fingerprint density at radius 3 is 2.05 bits per heavy atom. The first-order valence-electron chi connectivity index (χ1n) is 6.29. The Hall–Kier alpha value is -0.221. The second-order valence-electron chi connectivity index (χ2n) is 5.70. The van der Waals surface area contributed by atoms with E-state index in [0.29, 0.717) is 0 Å². The van der Waals surface area contributed by atoms with E-state index < -0.39 is 0 Å². The van der Waals surface area contributed by atoms with E-state index >= 15 is 0 Å². The Bertz CT molecular complexity index is 443. The van der Waals surface area contributed by atoms with E-state index in [-0.39, 0.29) is 57.6 Å². The molecule has 0 bridgehead atoms. The Morgan fingerprint density at radius 1 is 1.10 bits per heavy atom. The van der Waals surface area contributed by atoms with Gasteiger partial charge in [0, 0.05) is 32.7 Å². The number of benzene rings is 1. The van der Waals surface area contributed by atoms with Crippen molar-refractivity contribution >= 4 is 19.1 Å². The van der Waals surface area contributed by atoms with Crippen LogP contribution >= 0.6 is 0 Å². The molecule has 2 rings (SSSR count). The first kappa shape index (κ1) is 17.8. The Labute approximate surface area is 145 Å². The summed E-state index contributed by atoms with van der Waals surface area (Å²) in [6.07, 6.45) is 0. The SMILES string of the molecule is CC1(C)OB(c2ccc(CO[C-]=O)cc2)OC1(C)C.[Y]. The molecule has 1 radical (unpaired) electrons. The minimum atomic E-state index is -0.363. The van der Waals surface area contributed by atoms with Gasteiger partial charge in [0.15, 0.2) is 0 Å². The maximum Gasteiger partial charge on any atom is 0.494 e. The number of ether oxygens (including phenoxy) is 1. The number of carbonyl (C=O) groups excluding carboxylic acids is 1. The summed E-state index contributed by atoms with van der Waals surface area (Å²) in [6.45, 7) is 9.73. The molecular weight excluding hydrogens is 332 g/mol. The van der Waals surface area contributed by atoms with E-state index in [1.807, 2.05) is 52.0 Å². The Balaban J connectivity index is 0.00000200. The quantitative estimate of drug-likeness (QED) is 0.611. The second-order valence-corrected chi connectivity index (χ2v) is 5.70. The molecule has 0 aromatic heterocycles. The van der Waals surface area contributed by atoms with Gasteiger partial charge in [0.2, 0.25) is 0 Å². The first-order chi connectivity index (χ1) is 8.86. The summed E-state index contributed by atoms with van der Waals surface area (Å²) in [7, 11) is -0.363. The van der Waals surface area contributed by atoms with Crippen LogP contribution in [0.15, 0.2) is 24.3 Å². The summed E-state index contributed by atoms with van der Waals surface area (Å²) in [5.41, 5.74) is 1.18. The van der Waals surface area contributed by atoms with Gasteiger partial charge in [0.1, 0.15) is 0 Å². The molecule has 1 saturated heterocycles. The van der Waals surface area contributed by atoms with Crippen molar-refractivity contribution in [2.75, 3.05) is 0 Å². The third-order valence-corrected chi connectivity index (χ3v) is 3.80. The van der Waals surface area contributed by atoms with Crippen LogP contribution in [0.25, 0.3) is 0 Å². The van der Waals surface area contributed by atoms with Gasteiger partial charge in [-0.2, -0.15) is 0 Å². The van der Waals surface area contributed by atoms with E-state index in [1.165, 1.54) is 6.47 Å². The average Bonchev–Trinajstić information content (AvgIpc) is 2.56. The van der Waals surface area contributed by atoms with Crippen LogP contribution in [0.4, 0.5) is 0 Å². The molecule has 4 nitrogen and oxygen atoms in total. The van der Waals surface area contributed by atoms with E-state index in [4.69, 9.17) is 9.31 Å². The van der Waals surface area contributed by atoms with Crippen LogP contribution in [0.3, 0.4) is 0 Å². The van der Waals surface area contributed by atoms with E-state index in [9.17, 15) is 4.79 Å². The maximum atomic E-state index is 10.0. The summed E-state index contributed by atoms with van der Waals surface area (Å²) in [6, 6.07) is 7.62. The van der Waals surface area contributed by atoms with Gasteiger partial charge in [-0.1, -0.05) is 30.7 Å². The van der Waals surface area contributed by atoms with Crippen molar-refractivity contribution in [2.24, 2.45) is 0 Å². The van der Waals surface area contributed by atoms with Crippen molar-refractivity contribution in [1.82, 2.24) is 0 Å². The summed E-state index contributed by atoms with van der Waals surface area (Å²) >= 11 is 0. The molecule has 0 spiro atoms. The van der Waals surface area contributed by atoms with Gasteiger partial charge in [0.25, 0.3) is 0 Å². The molecule has 0 aliphatic carbocycles. The topological polar surface area (TPSA) is 44.8 Å². The standard InChI is InChI=1S/C14H18BO4.Y/c1-13(2)14(3,4)19-15(18-13)12-7-5-11(6-8-12)9-17-10-16;/h5-8H,9H2,1-4H3;/q-1;. The first-order valence-corrected chi connectivity index (χ1v) is 6.29. The van der Waals surface area contributed by atoms with Gasteiger partial charge >= 0.3 is 7.12 Å². The van der Waals surface area contributed by atoms with Crippen molar-refractivity contribution in [3.05, 3.63) is 29.8 Å². The number of hydrogen-bond donors (Lipinski definition) is 0. The van der Waals surface area contributed by atoms with Gasteiger partial charge < -0.3 is 18.8 Å². The summed E-state index contributed by atoms with van der Waals surface area (Å²) < 4.78 is 16.5. The van der Waals surface area contributed by atoms with Crippen LogP contribution in [-0.4, -0.2) is 24.8 Å². The molecular formula is C14H18BO4Y-. The molecule has 1 aliphatic heterocycles.